The SMILES string of the molecule is O=C(CCNC(=O)c1ccc(Br)cc1)Nc1ncc(Cc2ccccc2)s1. The number of nitrogens with zero attached hydrogens (tertiary/aromatic N) is 1. The van der Waals surface area contributed by atoms with E-state index in [-0.39, 0.29) is 24.8 Å². The molecule has 0 saturated heterocycles. The third-order valence-electron chi connectivity index (χ3n) is 3.77. The molecule has 0 aliphatic rings. The van der Waals surface area contributed by atoms with E-state index >= 15 is 0 Å². The molecule has 27 heavy (non-hydrogen) atoms. The molecule has 0 radical (unpaired) electrons. The summed E-state index contributed by atoms with van der Waals surface area (Å²) in [4.78, 5) is 29.4. The normalized spacial score (nSPS) is 10.4. The molecule has 0 spiro atoms. The summed E-state index contributed by atoms with van der Waals surface area (Å²) >= 11 is 4.79. The van der Waals surface area contributed by atoms with Crippen molar-refractivity contribution in [2.24, 2.45) is 0 Å². The van der Waals surface area contributed by atoms with Gasteiger partial charge in [0.25, 0.3) is 5.91 Å². The van der Waals surface area contributed by atoms with Gasteiger partial charge in [0.2, 0.25) is 5.91 Å². The molecule has 0 aliphatic carbocycles. The van der Waals surface area contributed by atoms with Crippen molar-refractivity contribution in [2.45, 2.75) is 12.8 Å². The van der Waals surface area contributed by atoms with Gasteiger partial charge >= 0.3 is 0 Å². The van der Waals surface area contributed by atoms with Gasteiger partial charge in [-0.25, -0.2) is 4.98 Å². The largest absolute Gasteiger partial charge is 0.352 e. The molecule has 2 amide bonds. The van der Waals surface area contributed by atoms with E-state index in [1.807, 2.05) is 18.2 Å². The lowest BCUT2D eigenvalue weighted by Crippen LogP contribution is -2.27. The van der Waals surface area contributed by atoms with Gasteiger partial charge in [-0.2, -0.15) is 0 Å². The van der Waals surface area contributed by atoms with E-state index in [1.54, 1.807) is 30.5 Å². The predicted molar refractivity (Wildman–Crippen MR) is 111 cm³/mol. The Hall–Kier alpha value is -2.51. The fourth-order valence-electron chi connectivity index (χ4n) is 2.42. The Morgan fingerprint density at radius 3 is 2.52 bits per heavy atom. The average molecular weight is 444 g/mol. The van der Waals surface area contributed by atoms with Crippen molar-refractivity contribution in [3.8, 4) is 0 Å². The third-order valence-corrected chi connectivity index (χ3v) is 5.21. The molecular weight excluding hydrogens is 426 g/mol. The van der Waals surface area contributed by atoms with Gasteiger partial charge < -0.3 is 10.6 Å². The van der Waals surface area contributed by atoms with Crippen molar-refractivity contribution in [3.63, 3.8) is 0 Å². The minimum absolute atomic E-state index is 0.174. The molecule has 3 aromatic rings. The van der Waals surface area contributed by atoms with E-state index < -0.39 is 0 Å². The van der Waals surface area contributed by atoms with Crippen LogP contribution in [0.4, 0.5) is 5.13 Å². The van der Waals surface area contributed by atoms with Crippen LogP contribution in [0.25, 0.3) is 0 Å². The minimum atomic E-state index is -0.199. The van der Waals surface area contributed by atoms with Crippen LogP contribution in [-0.4, -0.2) is 23.3 Å². The quantitative estimate of drug-likeness (QED) is 0.572. The topological polar surface area (TPSA) is 71.1 Å². The lowest BCUT2D eigenvalue weighted by Gasteiger charge is -2.05. The number of amides is 2. The molecular formula is C20H18BrN3O2S. The van der Waals surface area contributed by atoms with Crippen molar-refractivity contribution in [1.29, 1.82) is 0 Å². The van der Waals surface area contributed by atoms with Gasteiger partial charge in [0.15, 0.2) is 5.13 Å². The minimum Gasteiger partial charge on any atom is -0.352 e. The van der Waals surface area contributed by atoms with Gasteiger partial charge in [-0.3, -0.25) is 9.59 Å². The summed E-state index contributed by atoms with van der Waals surface area (Å²) in [5.41, 5.74) is 1.76. The first kappa shape index (κ1) is 19.3. The Morgan fingerprint density at radius 2 is 1.78 bits per heavy atom. The van der Waals surface area contributed by atoms with Crippen LogP contribution in [0.5, 0.6) is 0 Å². The molecule has 1 heterocycles. The van der Waals surface area contributed by atoms with Crippen molar-refractivity contribution < 1.29 is 9.59 Å². The zero-order valence-corrected chi connectivity index (χ0v) is 16.8. The van der Waals surface area contributed by atoms with Crippen molar-refractivity contribution >= 4 is 44.2 Å². The maximum atomic E-state index is 12.0. The second kappa shape index (κ2) is 9.43. The van der Waals surface area contributed by atoms with Gasteiger partial charge in [0.05, 0.1) is 0 Å². The summed E-state index contributed by atoms with van der Waals surface area (Å²) in [6.07, 6.45) is 2.76. The number of nitrogens with one attached hydrogen (secondary N) is 2. The number of hydrogen-bond acceptors (Lipinski definition) is 4. The standard InChI is InChI=1S/C20H18BrN3O2S/c21-16-8-6-15(7-9-16)19(26)22-11-10-18(25)24-20-23-13-17(27-20)12-14-4-2-1-3-5-14/h1-9,13H,10-12H2,(H,22,26)(H,23,24,25). The Morgan fingerprint density at radius 1 is 1.04 bits per heavy atom. The average Bonchev–Trinajstić information content (AvgIpc) is 3.09. The number of thiazole rings is 1. The number of halogens is 1. The molecule has 0 bridgehead atoms. The van der Waals surface area contributed by atoms with Crippen LogP contribution >= 0.6 is 27.3 Å². The van der Waals surface area contributed by atoms with Crippen LogP contribution in [0, 0.1) is 0 Å². The summed E-state index contributed by atoms with van der Waals surface area (Å²) in [6.45, 7) is 0.267. The number of anilines is 1. The molecule has 138 valence electrons. The number of carbonyl (C=O) groups is 2. The maximum absolute atomic E-state index is 12.0. The van der Waals surface area contributed by atoms with Gasteiger partial charge in [0, 0.05) is 40.5 Å². The van der Waals surface area contributed by atoms with Gasteiger partial charge in [-0.15, -0.1) is 11.3 Å². The monoisotopic (exact) mass is 443 g/mol. The van der Waals surface area contributed by atoms with E-state index in [0.29, 0.717) is 10.7 Å². The van der Waals surface area contributed by atoms with Crippen LogP contribution in [0.15, 0.2) is 65.3 Å². The summed E-state index contributed by atoms with van der Waals surface area (Å²) < 4.78 is 0.911. The molecule has 0 aliphatic heterocycles. The summed E-state index contributed by atoms with van der Waals surface area (Å²) in [5, 5.41) is 6.10. The second-order valence-electron chi connectivity index (χ2n) is 5.86. The van der Waals surface area contributed by atoms with E-state index in [1.165, 1.54) is 16.9 Å². The van der Waals surface area contributed by atoms with E-state index in [4.69, 9.17) is 0 Å². The molecule has 0 saturated carbocycles. The van der Waals surface area contributed by atoms with Crippen molar-refractivity contribution in [2.75, 3.05) is 11.9 Å². The zero-order valence-electron chi connectivity index (χ0n) is 14.4. The van der Waals surface area contributed by atoms with Crippen LogP contribution in [-0.2, 0) is 11.2 Å². The lowest BCUT2D eigenvalue weighted by molar-refractivity contribution is -0.116. The smallest absolute Gasteiger partial charge is 0.251 e. The molecule has 3 rings (SSSR count). The van der Waals surface area contributed by atoms with Crippen molar-refractivity contribution in [3.05, 3.63) is 81.3 Å². The number of hydrogen-bond donors (Lipinski definition) is 2. The van der Waals surface area contributed by atoms with Crippen molar-refractivity contribution in [1.82, 2.24) is 10.3 Å². The van der Waals surface area contributed by atoms with Crippen LogP contribution < -0.4 is 10.6 Å². The first-order chi connectivity index (χ1) is 13.1. The summed E-state index contributed by atoms with van der Waals surface area (Å²) in [7, 11) is 0. The number of aromatic nitrogens is 1. The molecule has 0 atom stereocenters. The van der Waals surface area contributed by atoms with Gasteiger partial charge in [-0.05, 0) is 29.8 Å². The van der Waals surface area contributed by atoms with Gasteiger partial charge in [-0.1, -0.05) is 46.3 Å². The first-order valence-corrected chi connectivity index (χ1v) is 10.0. The summed E-state index contributed by atoms with van der Waals surface area (Å²) in [6, 6.07) is 17.2. The Labute approximate surface area is 170 Å². The fraction of sp³-hybridized carbons (Fsp3) is 0.150. The van der Waals surface area contributed by atoms with E-state index in [2.05, 4.69) is 43.7 Å². The molecule has 2 aromatic carbocycles. The molecule has 2 N–H and O–H groups in total. The zero-order chi connectivity index (χ0) is 19.1. The molecule has 5 nitrogen and oxygen atoms in total. The first-order valence-electron chi connectivity index (χ1n) is 8.42. The van der Waals surface area contributed by atoms with Crippen LogP contribution in [0.1, 0.15) is 27.2 Å². The highest BCUT2D eigenvalue weighted by atomic mass is 79.9. The molecule has 0 fully saturated rings. The Bertz CT molecular complexity index is 910. The van der Waals surface area contributed by atoms with Crippen LogP contribution in [0.3, 0.4) is 0 Å². The molecule has 1 aromatic heterocycles. The number of benzene rings is 2. The van der Waals surface area contributed by atoms with E-state index in [9.17, 15) is 9.59 Å². The lowest BCUT2D eigenvalue weighted by atomic mass is 10.1. The highest BCUT2D eigenvalue weighted by Crippen LogP contribution is 2.21. The Kier molecular flexibility index (Phi) is 6.73. The maximum Gasteiger partial charge on any atom is 0.251 e. The highest BCUT2D eigenvalue weighted by molar-refractivity contribution is 9.10. The van der Waals surface area contributed by atoms with Crippen LogP contribution in [0.2, 0.25) is 0 Å². The number of rotatable bonds is 7. The molecule has 0 unspecified atom stereocenters. The second-order valence-corrected chi connectivity index (χ2v) is 7.89. The highest BCUT2D eigenvalue weighted by Gasteiger charge is 2.09. The van der Waals surface area contributed by atoms with Gasteiger partial charge in [0.1, 0.15) is 0 Å². The Balaban J connectivity index is 1.43. The fourth-order valence-corrected chi connectivity index (χ4v) is 3.55. The van der Waals surface area contributed by atoms with E-state index in [0.717, 1.165) is 15.8 Å². The predicted octanol–water partition coefficient (Wildman–Crippen LogP) is 4.26. The molecule has 7 heteroatoms. The number of carbonyl (C=O) groups excluding carboxylic acids is 2. The third kappa shape index (κ3) is 6.01. The summed E-state index contributed by atoms with van der Waals surface area (Å²) in [5.74, 6) is -0.374.